The van der Waals surface area contributed by atoms with Gasteiger partial charge in [-0.1, -0.05) is 0 Å². The van der Waals surface area contributed by atoms with Crippen molar-refractivity contribution in [3.8, 4) is 0 Å². The molecule has 3 heterocycles. The van der Waals surface area contributed by atoms with Crippen LogP contribution in [-0.4, -0.2) is 31.9 Å². The average molecular weight is 385 g/mol. The van der Waals surface area contributed by atoms with Crippen LogP contribution < -0.4 is 5.32 Å². The summed E-state index contributed by atoms with van der Waals surface area (Å²) in [6, 6.07) is 5.71. The summed E-state index contributed by atoms with van der Waals surface area (Å²) in [5, 5.41) is 5.36. The Balaban J connectivity index is 1.43. The number of rotatable bonds is 5. The van der Waals surface area contributed by atoms with Crippen LogP contribution in [0.5, 0.6) is 0 Å². The van der Waals surface area contributed by atoms with Crippen LogP contribution in [-0.2, 0) is 13.6 Å². The molecule has 140 valence electrons. The molecule has 1 N–H and O–H groups in total. The number of hydrogen-bond acceptors (Lipinski definition) is 5. The molecule has 1 aliphatic heterocycles. The van der Waals surface area contributed by atoms with E-state index in [1.165, 1.54) is 35.6 Å². The van der Waals surface area contributed by atoms with Crippen LogP contribution in [0, 0.1) is 5.82 Å². The van der Waals surface area contributed by atoms with Gasteiger partial charge >= 0.3 is 0 Å². The fourth-order valence-electron chi connectivity index (χ4n) is 3.37. The first-order valence-electron chi connectivity index (χ1n) is 8.82. The summed E-state index contributed by atoms with van der Waals surface area (Å²) in [4.78, 5) is 23.7. The third-order valence-electron chi connectivity index (χ3n) is 4.68. The molecule has 1 saturated heterocycles. The number of carbonyl (C=O) groups is 1. The highest BCUT2D eigenvalue weighted by atomic mass is 32.1. The van der Waals surface area contributed by atoms with Crippen LogP contribution in [0.2, 0.25) is 0 Å². The highest BCUT2D eigenvalue weighted by molar-refractivity contribution is 7.14. The zero-order valence-corrected chi connectivity index (χ0v) is 15.7. The smallest absolute Gasteiger partial charge is 0.257 e. The van der Waals surface area contributed by atoms with E-state index in [1.54, 1.807) is 0 Å². The van der Waals surface area contributed by atoms with Crippen molar-refractivity contribution in [2.24, 2.45) is 7.05 Å². The van der Waals surface area contributed by atoms with Gasteiger partial charge in [0.2, 0.25) is 0 Å². The number of aryl methyl sites for hydroxylation is 1. The van der Waals surface area contributed by atoms with Crippen molar-refractivity contribution in [3.63, 3.8) is 0 Å². The normalized spacial score (nSPS) is 17.3. The Kier molecular flexibility index (Phi) is 5.00. The number of halogens is 1. The summed E-state index contributed by atoms with van der Waals surface area (Å²) in [6.45, 7) is 1.80. The molecule has 0 radical (unpaired) electrons. The Bertz CT molecular complexity index is 936. The summed E-state index contributed by atoms with van der Waals surface area (Å²) < 4.78 is 14.9. The van der Waals surface area contributed by atoms with E-state index in [0.717, 1.165) is 37.3 Å². The van der Waals surface area contributed by atoms with Crippen LogP contribution in [0.4, 0.5) is 9.52 Å². The predicted molar refractivity (Wildman–Crippen MR) is 102 cm³/mol. The van der Waals surface area contributed by atoms with Gasteiger partial charge in [0.05, 0.1) is 23.8 Å². The minimum absolute atomic E-state index is 0.236. The third kappa shape index (κ3) is 4.06. The lowest BCUT2D eigenvalue weighted by Gasteiger charge is -2.21. The summed E-state index contributed by atoms with van der Waals surface area (Å²) >= 11 is 1.41. The zero-order chi connectivity index (χ0) is 18.8. The van der Waals surface area contributed by atoms with Crippen molar-refractivity contribution >= 4 is 22.4 Å². The SMILES string of the molecule is Cn1cnc(CN2CCC[C@H]2c2csc(NC(=O)c3ccc(F)cc3)n2)c1. The van der Waals surface area contributed by atoms with Crippen LogP contribution in [0.25, 0.3) is 0 Å². The summed E-state index contributed by atoms with van der Waals surface area (Å²) in [6.07, 6.45) is 6.01. The lowest BCUT2D eigenvalue weighted by Crippen LogP contribution is -2.23. The molecular formula is C19H20FN5OS. The Morgan fingerprint density at radius 3 is 2.93 bits per heavy atom. The highest BCUT2D eigenvalue weighted by Crippen LogP contribution is 2.34. The molecule has 0 spiro atoms. The molecule has 1 aliphatic rings. The molecule has 1 atom stereocenters. The zero-order valence-electron chi connectivity index (χ0n) is 14.9. The molecule has 1 amide bonds. The average Bonchev–Trinajstić information content (AvgIpc) is 3.37. The van der Waals surface area contributed by atoms with Crippen molar-refractivity contribution < 1.29 is 9.18 Å². The predicted octanol–water partition coefficient (Wildman–Crippen LogP) is 3.61. The topological polar surface area (TPSA) is 63.1 Å². The Labute approximate surface area is 160 Å². The molecule has 0 bridgehead atoms. The first-order chi connectivity index (χ1) is 13.1. The molecule has 0 unspecified atom stereocenters. The van der Waals surface area contributed by atoms with Crippen molar-refractivity contribution in [2.75, 3.05) is 11.9 Å². The molecule has 0 aliphatic carbocycles. The van der Waals surface area contributed by atoms with Gasteiger partial charge in [0.25, 0.3) is 5.91 Å². The largest absolute Gasteiger partial charge is 0.340 e. The van der Waals surface area contributed by atoms with Gasteiger partial charge in [-0.2, -0.15) is 0 Å². The molecule has 8 heteroatoms. The van der Waals surface area contributed by atoms with Gasteiger partial charge in [-0.3, -0.25) is 15.0 Å². The molecule has 1 fully saturated rings. The molecule has 4 rings (SSSR count). The Hall–Kier alpha value is -2.58. The number of imidazole rings is 1. The summed E-state index contributed by atoms with van der Waals surface area (Å²) in [5.74, 6) is -0.648. The number of carbonyl (C=O) groups excluding carboxylic acids is 1. The van der Waals surface area contributed by atoms with Crippen LogP contribution >= 0.6 is 11.3 Å². The fraction of sp³-hybridized carbons (Fsp3) is 0.316. The van der Waals surface area contributed by atoms with Crippen molar-refractivity contribution in [1.29, 1.82) is 0 Å². The van der Waals surface area contributed by atoms with Gasteiger partial charge in [0, 0.05) is 30.7 Å². The lowest BCUT2D eigenvalue weighted by atomic mass is 10.1. The monoisotopic (exact) mass is 385 g/mol. The molecule has 27 heavy (non-hydrogen) atoms. The maximum atomic E-state index is 13.0. The molecule has 2 aromatic heterocycles. The van der Waals surface area contributed by atoms with Crippen molar-refractivity contribution in [1.82, 2.24) is 19.4 Å². The number of nitrogens with zero attached hydrogens (tertiary/aromatic N) is 4. The van der Waals surface area contributed by atoms with Gasteiger partial charge in [-0.15, -0.1) is 11.3 Å². The van der Waals surface area contributed by atoms with E-state index in [9.17, 15) is 9.18 Å². The molecule has 1 aromatic carbocycles. The second-order valence-electron chi connectivity index (χ2n) is 6.70. The van der Waals surface area contributed by atoms with E-state index in [1.807, 2.05) is 29.5 Å². The molecule has 6 nitrogen and oxygen atoms in total. The van der Waals surface area contributed by atoms with E-state index in [-0.39, 0.29) is 17.8 Å². The molecule has 0 saturated carbocycles. The minimum Gasteiger partial charge on any atom is -0.340 e. The van der Waals surface area contributed by atoms with Crippen LogP contribution in [0.15, 0.2) is 42.2 Å². The van der Waals surface area contributed by atoms with E-state index in [0.29, 0.717) is 10.7 Å². The standard InChI is InChI=1S/C19H20FN5OS/c1-24-9-15(21-12-24)10-25-8-2-3-17(25)16-11-27-19(22-16)23-18(26)13-4-6-14(20)7-5-13/h4-7,9,11-12,17H,2-3,8,10H2,1H3,(H,22,23,26)/t17-/m0/s1. The van der Waals surface area contributed by atoms with Gasteiger partial charge in [-0.25, -0.2) is 14.4 Å². The number of aromatic nitrogens is 3. The minimum atomic E-state index is -0.364. The maximum absolute atomic E-state index is 13.0. The number of anilines is 1. The molecule has 3 aromatic rings. The number of nitrogens with one attached hydrogen (secondary N) is 1. The number of benzene rings is 1. The Morgan fingerprint density at radius 2 is 2.19 bits per heavy atom. The maximum Gasteiger partial charge on any atom is 0.257 e. The summed E-state index contributed by atoms with van der Waals surface area (Å²) in [7, 11) is 1.97. The second-order valence-corrected chi connectivity index (χ2v) is 7.56. The first kappa shape index (κ1) is 17.8. The fourth-order valence-corrected chi connectivity index (χ4v) is 4.13. The van der Waals surface area contributed by atoms with Crippen LogP contribution in [0.3, 0.4) is 0 Å². The van der Waals surface area contributed by atoms with E-state index >= 15 is 0 Å². The quantitative estimate of drug-likeness (QED) is 0.729. The number of likely N-dealkylation sites (tertiary alicyclic amines) is 1. The van der Waals surface area contributed by atoms with Crippen molar-refractivity contribution in [2.45, 2.75) is 25.4 Å². The second kappa shape index (κ2) is 7.58. The Morgan fingerprint density at radius 1 is 1.37 bits per heavy atom. The van der Waals surface area contributed by atoms with E-state index < -0.39 is 0 Å². The summed E-state index contributed by atoms with van der Waals surface area (Å²) in [5.41, 5.74) is 2.43. The van der Waals surface area contributed by atoms with E-state index in [2.05, 4.69) is 20.2 Å². The van der Waals surface area contributed by atoms with Gasteiger partial charge in [0.1, 0.15) is 5.82 Å². The van der Waals surface area contributed by atoms with Gasteiger partial charge in [-0.05, 0) is 43.7 Å². The number of hydrogen-bond donors (Lipinski definition) is 1. The van der Waals surface area contributed by atoms with Crippen LogP contribution in [0.1, 0.15) is 40.6 Å². The van der Waals surface area contributed by atoms with Crippen molar-refractivity contribution in [3.05, 3.63) is 64.9 Å². The highest BCUT2D eigenvalue weighted by Gasteiger charge is 2.28. The third-order valence-corrected chi connectivity index (χ3v) is 5.45. The number of amides is 1. The van der Waals surface area contributed by atoms with Gasteiger partial charge in [0.15, 0.2) is 5.13 Å². The first-order valence-corrected chi connectivity index (χ1v) is 9.70. The van der Waals surface area contributed by atoms with Gasteiger partial charge < -0.3 is 4.57 Å². The number of thiazole rings is 1. The van der Waals surface area contributed by atoms with E-state index in [4.69, 9.17) is 0 Å². The molecular weight excluding hydrogens is 365 g/mol. The lowest BCUT2D eigenvalue weighted by molar-refractivity contribution is 0.102.